The van der Waals surface area contributed by atoms with E-state index in [1.165, 1.54) is 0 Å². The van der Waals surface area contributed by atoms with Crippen molar-refractivity contribution in [3.8, 4) is 0 Å². The van der Waals surface area contributed by atoms with Crippen LogP contribution in [0.1, 0.15) is 47.3 Å². The van der Waals surface area contributed by atoms with Crippen LogP contribution in [0.4, 0.5) is 0 Å². The molecule has 5 nitrogen and oxygen atoms in total. The predicted octanol–water partition coefficient (Wildman–Crippen LogP) is 4.19. The van der Waals surface area contributed by atoms with Crippen LogP contribution in [0.25, 0.3) is 5.78 Å². The molecule has 4 rings (SSSR count). The van der Waals surface area contributed by atoms with Crippen molar-refractivity contribution in [2.45, 2.75) is 37.3 Å². The Hall–Kier alpha value is -1.92. The number of ketones is 1. The molecule has 1 aliphatic carbocycles. The zero-order valence-electron chi connectivity index (χ0n) is 13.8. The van der Waals surface area contributed by atoms with E-state index in [9.17, 15) is 4.79 Å². The lowest BCUT2D eigenvalue weighted by Crippen LogP contribution is -2.21. The second-order valence-electron chi connectivity index (χ2n) is 6.17. The van der Waals surface area contributed by atoms with Gasteiger partial charge in [0.15, 0.2) is 5.78 Å². The van der Waals surface area contributed by atoms with E-state index >= 15 is 0 Å². The minimum Gasteiger partial charge on any atom is -0.294 e. The van der Waals surface area contributed by atoms with Gasteiger partial charge < -0.3 is 0 Å². The zero-order valence-corrected chi connectivity index (χ0v) is 15.3. The monoisotopic (exact) mass is 372 g/mol. The van der Waals surface area contributed by atoms with Gasteiger partial charge in [-0.05, 0) is 36.5 Å². The first-order chi connectivity index (χ1) is 12.1. The number of carbonyl (C=O) groups is 1. The van der Waals surface area contributed by atoms with Crippen LogP contribution in [0.5, 0.6) is 0 Å². The summed E-state index contributed by atoms with van der Waals surface area (Å²) in [6.45, 7) is 2.12. The van der Waals surface area contributed by atoms with Crippen molar-refractivity contribution < 1.29 is 4.79 Å². The Labute approximate surface area is 154 Å². The maximum atomic E-state index is 12.6. The second-order valence-corrected chi connectivity index (χ2v) is 7.67. The molecule has 128 valence electrons. The summed E-state index contributed by atoms with van der Waals surface area (Å²) in [4.78, 5) is 21.7. The number of benzene rings is 1. The normalized spacial score (nSPS) is 17.0. The lowest BCUT2D eigenvalue weighted by molar-refractivity contribution is 0.0962. The molecule has 2 heterocycles. The van der Waals surface area contributed by atoms with Gasteiger partial charge in [-0.2, -0.15) is 4.98 Å². The Bertz CT molecular complexity index is 938. The molecule has 0 saturated carbocycles. The van der Waals surface area contributed by atoms with Crippen LogP contribution in [0.3, 0.4) is 0 Å². The lowest BCUT2D eigenvalue weighted by atomic mass is 9.82. The van der Waals surface area contributed by atoms with Gasteiger partial charge in [0.2, 0.25) is 5.16 Å². The predicted molar refractivity (Wildman–Crippen MR) is 98.6 cm³/mol. The Morgan fingerprint density at radius 1 is 1.24 bits per heavy atom. The summed E-state index contributed by atoms with van der Waals surface area (Å²) in [6, 6.07) is 7.70. The lowest BCUT2D eigenvalue weighted by Gasteiger charge is -2.23. The van der Waals surface area contributed by atoms with Gasteiger partial charge in [0.1, 0.15) is 0 Å². The highest BCUT2D eigenvalue weighted by Crippen LogP contribution is 2.32. The van der Waals surface area contributed by atoms with Gasteiger partial charge in [0.05, 0.1) is 11.3 Å². The molecule has 0 N–H and O–H groups in total. The van der Waals surface area contributed by atoms with E-state index in [0.29, 0.717) is 27.9 Å². The van der Waals surface area contributed by atoms with Gasteiger partial charge in [-0.25, -0.2) is 9.50 Å². The van der Waals surface area contributed by atoms with Gasteiger partial charge >= 0.3 is 0 Å². The summed E-state index contributed by atoms with van der Waals surface area (Å²) in [5.41, 5.74) is 2.59. The third kappa shape index (κ3) is 3.28. The van der Waals surface area contributed by atoms with Crippen LogP contribution in [0.15, 0.2) is 35.6 Å². The summed E-state index contributed by atoms with van der Waals surface area (Å²) in [6.07, 6.45) is 4.05. The van der Waals surface area contributed by atoms with Crippen LogP contribution in [0, 0.1) is 0 Å². The topological polar surface area (TPSA) is 60.1 Å². The van der Waals surface area contributed by atoms with E-state index in [1.54, 1.807) is 22.5 Å². The highest BCUT2D eigenvalue weighted by molar-refractivity contribution is 7.99. The summed E-state index contributed by atoms with van der Waals surface area (Å²) in [5.74, 6) is 1.76. The molecule has 0 radical (unpaired) electrons. The molecule has 3 aromatic rings. The maximum absolute atomic E-state index is 12.6. The Balaban J connectivity index is 1.67. The first kappa shape index (κ1) is 16.5. The number of thioether (sulfide) groups is 1. The van der Waals surface area contributed by atoms with E-state index < -0.39 is 0 Å². The van der Waals surface area contributed by atoms with Crippen molar-refractivity contribution in [1.29, 1.82) is 0 Å². The van der Waals surface area contributed by atoms with Crippen molar-refractivity contribution in [2.24, 2.45) is 0 Å². The number of aromatic nitrogens is 4. The molecule has 1 aliphatic rings. The summed E-state index contributed by atoms with van der Waals surface area (Å²) in [5, 5.41) is 5.83. The SMILES string of the molecule is CCCSc1nc2nc3c(cn2n1)C(=O)C[C@H](c1ccc(Cl)cc1)C3. The van der Waals surface area contributed by atoms with Crippen LogP contribution in [-0.2, 0) is 6.42 Å². The first-order valence-electron chi connectivity index (χ1n) is 8.32. The average Bonchev–Trinajstić information content (AvgIpc) is 3.00. The number of hydrogen-bond donors (Lipinski definition) is 0. The number of fused-ring (bicyclic) bond motifs is 2. The fourth-order valence-corrected chi connectivity index (χ4v) is 3.89. The van der Waals surface area contributed by atoms with Crippen LogP contribution in [-0.4, -0.2) is 31.1 Å². The van der Waals surface area contributed by atoms with E-state index in [0.717, 1.165) is 29.9 Å². The molecule has 0 saturated heterocycles. The van der Waals surface area contributed by atoms with Crippen molar-refractivity contribution >= 4 is 34.9 Å². The third-order valence-corrected chi connectivity index (χ3v) is 5.64. The molecule has 25 heavy (non-hydrogen) atoms. The molecule has 7 heteroatoms. The average molecular weight is 373 g/mol. The van der Waals surface area contributed by atoms with E-state index in [2.05, 4.69) is 22.0 Å². The molecular formula is C18H17ClN4OS. The van der Waals surface area contributed by atoms with Crippen LogP contribution in [0.2, 0.25) is 5.02 Å². The largest absolute Gasteiger partial charge is 0.294 e. The molecule has 0 aliphatic heterocycles. The van der Waals surface area contributed by atoms with Gasteiger partial charge in [-0.1, -0.05) is 42.4 Å². The van der Waals surface area contributed by atoms with Gasteiger partial charge in [0.25, 0.3) is 5.78 Å². The van der Waals surface area contributed by atoms with Crippen molar-refractivity contribution in [3.63, 3.8) is 0 Å². The summed E-state index contributed by atoms with van der Waals surface area (Å²) < 4.78 is 1.62. The number of hydrogen-bond acceptors (Lipinski definition) is 5. The van der Waals surface area contributed by atoms with Crippen molar-refractivity contribution in [2.75, 3.05) is 5.75 Å². The Kier molecular flexibility index (Phi) is 4.48. The molecule has 1 atom stereocenters. The molecule has 0 fully saturated rings. The van der Waals surface area contributed by atoms with Gasteiger partial charge in [0, 0.05) is 23.4 Å². The highest BCUT2D eigenvalue weighted by Gasteiger charge is 2.28. The third-order valence-electron chi connectivity index (χ3n) is 4.34. The quantitative estimate of drug-likeness (QED) is 0.642. The minimum atomic E-state index is 0.105. The number of carbonyl (C=O) groups excluding carboxylic acids is 1. The van der Waals surface area contributed by atoms with Crippen molar-refractivity contribution in [1.82, 2.24) is 19.6 Å². The number of Topliss-reactive ketones (excluding diaryl/α,β-unsaturated/α-hetero) is 1. The molecule has 0 bridgehead atoms. The standard InChI is InChI=1S/C18H17ClN4OS/c1-2-7-25-18-21-17-20-15-8-12(11-3-5-13(19)6-4-11)9-16(24)14(15)10-23(17)22-18/h3-6,10,12H,2,7-9H2,1H3/t12-/m1/s1. The second kappa shape index (κ2) is 6.77. The fraction of sp³-hybridized carbons (Fsp3) is 0.333. The van der Waals surface area contributed by atoms with E-state index in [-0.39, 0.29) is 11.7 Å². The van der Waals surface area contributed by atoms with Gasteiger partial charge in [-0.3, -0.25) is 4.79 Å². The minimum absolute atomic E-state index is 0.105. The Morgan fingerprint density at radius 3 is 2.80 bits per heavy atom. The molecule has 2 aromatic heterocycles. The number of nitrogens with zero attached hydrogens (tertiary/aromatic N) is 4. The maximum Gasteiger partial charge on any atom is 0.253 e. The van der Waals surface area contributed by atoms with Crippen molar-refractivity contribution in [3.05, 3.63) is 52.3 Å². The van der Waals surface area contributed by atoms with E-state index in [4.69, 9.17) is 11.6 Å². The van der Waals surface area contributed by atoms with Crippen LogP contribution >= 0.6 is 23.4 Å². The zero-order chi connectivity index (χ0) is 17.4. The molecule has 0 unspecified atom stereocenters. The highest BCUT2D eigenvalue weighted by atomic mass is 35.5. The molecule has 0 spiro atoms. The summed E-state index contributed by atoms with van der Waals surface area (Å²) in [7, 11) is 0. The van der Waals surface area contributed by atoms with Crippen LogP contribution < -0.4 is 0 Å². The number of rotatable bonds is 4. The smallest absolute Gasteiger partial charge is 0.253 e. The molecule has 1 aromatic carbocycles. The fourth-order valence-electron chi connectivity index (χ4n) is 3.09. The molecule has 0 amide bonds. The first-order valence-corrected chi connectivity index (χ1v) is 9.68. The number of halogens is 1. The Morgan fingerprint density at radius 2 is 2.04 bits per heavy atom. The summed E-state index contributed by atoms with van der Waals surface area (Å²) >= 11 is 7.57. The van der Waals surface area contributed by atoms with E-state index in [1.807, 2.05) is 24.3 Å². The van der Waals surface area contributed by atoms with Gasteiger partial charge in [-0.15, -0.1) is 5.10 Å². The molecular weight excluding hydrogens is 356 g/mol.